The molecule has 48 heavy (non-hydrogen) atoms. The van der Waals surface area contributed by atoms with Crippen LogP contribution < -0.4 is 9.47 Å². The number of hydrogen-bond donors (Lipinski definition) is 4. The number of hydrogen-bond acceptors (Lipinski definition) is 8. The van der Waals surface area contributed by atoms with E-state index in [9.17, 15) is 20.4 Å². The lowest BCUT2D eigenvalue weighted by atomic mass is 9.79. The van der Waals surface area contributed by atoms with E-state index in [-0.39, 0.29) is 35.2 Å². The molecular weight excluding hydrogens is 608 g/mol. The lowest BCUT2D eigenvalue weighted by Crippen LogP contribution is -2.27. The topological polar surface area (TPSA) is 118 Å². The Morgan fingerprint density at radius 3 is 1.31 bits per heavy atom. The summed E-state index contributed by atoms with van der Waals surface area (Å²) in [4.78, 5) is 0. The zero-order chi connectivity index (χ0) is 33.4. The van der Waals surface area contributed by atoms with Gasteiger partial charge in [-0.25, -0.2) is 0 Å². The second kappa shape index (κ2) is 13.6. The molecule has 4 aromatic carbocycles. The fourth-order valence-corrected chi connectivity index (χ4v) is 8.62. The molecule has 8 rings (SSSR count). The Kier molecular flexibility index (Phi) is 9.12. The van der Waals surface area contributed by atoms with E-state index in [1.54, 1.807) is 50.6 Å². The van der Waals surface area contributed by atoms with Crippen LogP contribution in [0.15, 0.2) is 72.8 Å². The molecule has 4 aromatic rings. The van der Waals surface area contributed by atoms with Gasteiger partial charge >= 0.3 is 0 Å². The molecule has 0 aromatic heterocycles. The standard InChI is InChI=1S/2C20H22O4/c2*1-23-11-13-9-15(22)10-18-16-3-2-4-17(16)19(24-20(13)18)12-5-7-14(21)8-6-12/h2*5-10,16-17,19,21-22H,2-4,11H2,1H3/t2*16-,17+,19+/m10/s1. The molecule has 2 aliphatic carbocycles. The summed E-state index contributed by atoms with van der Waals surface area (Å²) >= 11 is 0. The van der Waals surface area contributed by atoms with E-state index in [1.165, 1.54) is 12.8 Å². The van der Waals surface area contributed by atoms with Crippen LogP contribution in [0.2, 0.25) is 0 Å². The highest BCUT2D eigenvalue weighted by Gasteiger charge is 2.44. The summed E-state index contributed by atoms with van der Waals surface area (Å²) in [7, 11) is 3.30. The minimum Gasteiger partial charge on any atom is -0.508 e. The number of fused-ring (bicyclic) bond motifs is 6. The van der Waals surface area contributed by atoms with E-state index >= 15 is 0 Å². The van der Waals surface area contributed by atoms with E-state index in [4.69, 9.17) is 18.9 Å². The molecule has 0 spiro atoms. The van der Waals surface area contributed by atoms with Gasteiger partial charge in [-0.2, -0.15) is 0 Å². The average Bonchev–Trinajstić information content (AvgIpc) is 3.77. The Labute approximate surface area is 281 Å². The lowest BCUT2D eigenvalue weighted by Gasteiger charge is -2.37. The summed E-state index contributed by atoms with van der Waals surface area (Å²) in [5, 5.41) is 39.3. The maximum absolute atomic E-state index is 10.1. The van der Waals surface area contributed by atoms with Crippen LogP contribution in [0.1, 0.15) is 95.9 Å². The number of rotatable bonds is 6. The van der Waals surface area contributed by atoms with Gasteiger partial charge in [-0.15, -0.1) is 0 Å². The maximum atomic E-state index is 10.1. The summed E-state index contributed by atoms with van der Waals surface area (Å²) < 4.78 is 23.5. The first-order valence-electron chi connectivity index (χ1n) is 16.9. The molecule has 2 heterocycles. The van der Waals surface area contributed by atoms with Crippen LogP contribution in [0.3, 0.4) is 0 Å². The third-order valence-electron chi connectivity index (χ3n) is 10.6. The zero-order valence-corrected chi connectivity index (χ0v) is 27.5. The summed E-state index contributed by atoms with van der Waals surface area (Å²) in [5.74, 6) is 4.40. The van der Waals surface area contributed by atoms with Crippen molar-refractivity contribution in [2.45, 2.75) is 75.8 Å². The number of ether oxygens (including phenoxy) is 4. The van der Waals surface area contributed by atoms with Crippen molar-refractivity contribution in [2.24, 2.45) is 11.8 Å². The smallest absolute Gasteiger partial charge is 0.129 e. The van der Waals surface area contributed by atoms with Gasteiger partial charge in [-0.1, -0.05) is 37.1 Å². The highest BCUT2D eigenvalue weighted by molar-refractivity contribution is 5.52. The molecule has 2 fully saturated rings. The molecule has 0 amide bonds. The summed E-state index contributed by atoms with van der Waals surface area (Å²) in [6.07, 6.45) is 6.76. The monoisotopic (exact) mass is 652 g/mol. The Balaban J connectivity index is 0.000000152. The fraction of sp³-hybridized carbons (Fsp3) is 0.400. The van der Waals surface area contributed by atoms with Crippen LogP contribution in [0.25, 0.3) is 0 Å². The average molecular weight is 653 g/mol. The number of phenols is 4. The van der Waals surface area contributed by atoms with Crippen molar-refractivity contribution in [1.29, 1.82) is 0 Å². The molecular formula is C40H44O8. The Morgan fingerprint density at radius 1 is 0.542 bits per heavy atom. The Bertz CT molecular complexity index is 1610. The van der Waals surface area contributed by atoms with Gasteiger partial charge in [0.15, 0.2) is 0 Å². The van der Waals surface area contributed by atoms with Gasteiger partial charge in [0.2, 0.25) is 0 Å². The minimum absolute atomic E-state index is 0.0225. The number of aromatic hydroxyl groups is 4. The quantitative estimate of drug-likeness (QED) is 0.164. The SMILES string of the molecule is COCc1cc(O)cc2c1O[C@@H](c1ccc(O)cc1)[C@H]1CCC[C@@H]21.COCc1cc(O)cc2c1O[C@H](c1ccc(O)cc1)[C@@H]1CCC[C@H]21. The van der Waals surface area contributed by atoms with Crippen LogP contribution in [0.4, 0.5) is 0 Å². The van der Waals surface area contributed by atoms with Gasteiger partial charge in [-0.05, 0) is 97.2 Å². The van der Waals surface area contributed by atoms with E-state index in [0.29, 0.717) is 36.9 Å². The Morgan fingerprint density at radius 2 is 0.938 bits per heavy atom. The molecule has 2 saturated carbocycles. The van der Waals surface area contributed by atoms with Crippen LogP contribution >= 0.6 is 0 Å². The van der Waals surface area contributed by atoms with Gasteiger partial charge in [0.25, 0.3) is 0 Å². The second-order valence-corrected chi connectivity index (χ2v) is 13.6. The van der Waals surface area contributed by atoms with E-state index in [2.05, 4.69) is 0 Å². The second-order valence-electron chi connectivity index (χ2n) is 13.6. The molecule has 0 unspecified atom stereocenters. The largest absolute Gasteiger partial charge is 0.508 e. The van der Waals surface area contributed by atoms with E-state index < -0.39 is 0 Å². The molecule has 4 N–H and O–H groups in total. The van der Waals surface area contributed by atoms with Gasteiger partial charge in [-0.3, -0.25) is 0 Å². The molecule has 252 valence electrons. The maximum Gasteiger partial charge on any atom is 0.129 e. The van der Waals surface area contributed by atoms with Gasteiger partial charge < -0.3 is 39.4 Å². The summed E-state index contributed by atoms with van der Waals surface area (Å²) in [6, 6.07) is 21.8. The van der Waals surface area contributed by atoms with E-state index in [1.807, 2.05) is 36.4 Å². The highest BCUT2D eigenvalue weighted by atomic mass is 16.5. The van der Waals surface area contributed by atoms with Crippen molar-refractivity contribution in [3.63, 3.8) is 0 Å². The first-order valence-corrected chi connectivity index (χ1v) is 16.9. The normalized spacial score (nSPS) is 25.0. The van der Waals surface area contributed by atoms with Crippen molar-refractivity contribution in [3.8, 4) is 34.5 Å². The number of methoxy groups -OCH3 is 2. The van der Waals surface area contributed by atoms with Crippen molar-refractivity contribution < 1.29 is 39.4 Å². The predicted octanol–water partition coefficient (Wildman–Crippen LogP) is 8.52. The summed E-state index contributed by atoms with van der Waals surface area (Å²) in [6.45, 7) is 0.826. The van der Waals surface area contributed by atoms with Crippen LogP contribution in [-0.2, 0) is 22.7 Å². The van der Waals surface area contributed by atoms with E-state index in [0.717, 1.165) is 70.6 Å². The lowest BCUT2D eigenvalue weighted by molar-refractivity contribution is 0.0971. The van der Waals surface area contributed by atoms with Crippen LogP contribution in [0.5, 0.6) is 34.5 Å². The predicted molar refractivity (Wildman–Crippen MR) is 181 cm³/mol. The molecule has 0 bridgehead atoms. The Hall–Kier alpha value is -4.40. The van der Waals surface area contributed by atoms with Gasteiger partial charge in [0, 0.05) is 48.3 Å². The number of benzene rings is 4. The van der Waals surface area contributed by atoms with Crippen molar-refractivity contribution in [3.05, 3.63) is 106 Å². The van der Waals surface area contributed by atoms with Crippen LogP contribution in [-0.4, -0.2) is 34.6 Å². The molecule has 8 heteroatoms. The third kappa shape index (κ3) is 6.15. The molecule has 8 nitrogen and oxygen atoms in total. The molecule has 4 aliphatic rings. The van der Waals surface area contributed by atoms with Gasteiger partial charge in [0.1, 0.15) is 46.7 Å². The van der Waals surface area contributed by atoms with Crippen molar-refractivity contribution in [2.75, 3.05) is 14.2 Å². The van der Waals surface area contributed by atoms with Crippen LogP contribution in [0, 0.1) is 11.8 Å². The van der Waals surface area contributed by atoms with Crippen molar-refractivity contribution in [1.82, 2.24) is 0 Å². The van der Waals surface area contributed by atoms with Gasteiger partial charge in [0.05, 0.1) is 13.2 Å². The number of phenolic OH excluding ortho intramolecular Hbond substituents is 4. The first kappa shape index (κ1) is 32.2. The summed E-state index contributed by atoms with van der Waals surface area (Å²) in [5.41, 5.74) is 6.18. The molecule has 2 aliphatic heterocycles. The molecule has 0 radical (unpaired) electrons. The fourth-order valence-electron chi connectivity index (χ4n) is 8.62. The highest BCUT2D eigenvalue weighted by Crippen LogP contribution is 2.57. The minimum atomic E-state index is -0.0225. The van der Waals surface area contributed by atoms with Crippen molar-refractivity contribution >= 4 is 0 Å². The first-order chi connectivity index (χ1) is 23.3. The zero-order valence-electron chi connectivity index (χ0n) is 27.5. The molecule has 6 atom stereocenters. The third-order valence-corrected chi connectivity index (χ3v) is 10.6. The molecule has 0 saturated heterocycles.